The fourth-order valence-corrected chi connectivity index (χ4v) is 3.50. The summed E-state index contributed by atoms with van der Waals surface area (Å²) in [6, 6.07) is 11.3. The van der Waals surface area contributed by atoms with E-state index in [0.29, 0.717) is 46.7 Å². The molecule has 9 heteroatoms. The van der Waals surface area contributed by atoms with E-state index in [0.717, 1.165) is 11.9 Å². The van der Waals surface area contributed by atoms with Gasteiger partial charge in [-0.15, -0.1) is 0 Å². The van der Waals surface area contributed by atoms with Gasteiger partial charge < -0.3 is 10.6 Å². The van der Waals surface area contributed by atoms with Crippen LogP contribution in [0.1, 0.15) is 35.0 Å². The number of fused-ring (bicyclic) bond motifs is 1. The van der Waals surface area contributed by atoms with Crippen LogP contribution in [0, 0.1) is 29.9 Å². The number of nitrogens with zero attached hydrogens (tertiary/aromatic N) is 4. The van der Waals surface area contributed by atoms with Gasteiger partial charge in [0.05, 0.1) is 23.0 Å². The quantitative estimate of drug-likeness (QED) is 0.596. The highest BCUT2D eigenvalue weighted by Crippen LogP contribution is 2.33. The van der Waals surface area contributed by atoms with Gasteiger partial charge in [-0.2, -0.15) is 5.26 Å². The zero-order valence-corrected chi connectivity index (χ0v) is 18.4. The average molecular weight is 448 g/mol. The molecule has 0 radical (unpaired) electrons. The van der Waals surface area contributed by atoms with E-state index in [1.54, 1.807) is 25.4 Å². The summed E-state index contributed by atoms with van der Waals surface area (Å²) in [5.74, 6) is -0.426. The summed E-state index contributed by atoms with van der Waals surface area (Å²) in [6.07, 6.45) is 3.59. The highest BCUT2D eigenvalue weighted by molar-refractivity contribution is 6.01. The Morgan fingerprint density at radius 3 is 2.64 bits per heavy atom. The zero-order valence-electron chi connectivity index (χ0n) is 18.4. The molecule has 1 unspecified atom stereocenters. The molecule has 1 amide bonds. The van der Waals surface area contributed by atoms with E-state index in [-0.39, 0.29) is 0 Å². The number of carbonyl (C=O) groups excluding carboxylic acids is 1. The molecule has 3 aromatic rings. The lowest BCUT2D eigenvalue weighted by molar-refractivity contribution is -0.105. The molecule has 4 rings (SSSR count). The number of amides is 1. The van der Waals surface area contributed by atoms with Gasteiger partial charge in [-0.05, 0) is 50.2 Å². The number of benzene rings is 1. The average Bonchev–Trinajstić information content (AvgIpc) is 2.81. The number of halogens is 2. The van der Waals surface area contributed by atoms with Gasteiger partial charge in [0.25, 0.3) is 0 Å². The molecule has 33 heavy (non-hydrogen) atoms. The Labute approximate surface area is 190 Å². The van der Waals surface area contributed by atoms with Gasteiger partial charge in [-0.1, -0.05) is 0 Å². The summed E-state index contributed by atoms with van der Waals surface area (Å²) < 4.78 is 27.9. The smallest absolute Gasteiger partial charge is 0.211 e. The Balaban J connectivity index is 0.000000286. The molecule has 0 aliphatic carbocycles. The van der Waals surface area contributed by atoms with Gasteiger partial charge >= 0.3 is 0 Å². The monoisotopic (exact) mass is 448 g/mol. The van der Waals surface area contributed by atoms with Crippen molar-refractivity contribution in [2.75, 3.05) is 12.4 Å². The lowest BCUT2D eigenvalue weighted by Gasteiger charge is -2.37. The number of pyridine rings is 2. The van der Waals surface area contributed by atoms with Crippen LogP contribution in [-0.2, 0) is 16.8 Å². The van der Waals surface area contributed by atoms with Crippen LogP contribution in [0.25, 0.3) is 0 Å². The van der Waals surface area contributed by atoms with Crippen molar-refractivity contribution in [1.29, 1.82) is 5.26 Å². The van der Waals surface area contributed by atoms with Gasteiger partial charge in [0.1, 0.15) is 23.5 Å². The maximum Gasteiger partial charge on any atom is 0.211 e. The van der Waals surface area contributed by atoms with E-state index in [1.807, 2.05) is 26.0 Å². The van der Waals surface area contributed by atoms with Crippen LogP contribution in [0.2, 0.25) is 0 Å². The third kappa shape index (κ3) is 5.36. The number of anilines is 1. The van der Waals surface area contributed by atoms with Crippen LogP contribution in [0.15, 0.2) is 53.8 Å². The largest absolute Gasteiger partial charge is 0.360 e. The zero-order chi connectivity index (χ0) is 24.0. The molecular formula is C24H22F2N6O. The molecule has 1 aromatic carbocycles. The minimum Gasteiger partial charge on any atom is -0.360 e. The molecule has 168 valence electrons. The second kappa shape index (κ2) is 9.96. The molecule has 0 fully saturated rings. The van der Waals surface area contributed by atoms with E-state index in [1.165, 1.54) is 18.2 Å². The second-order valence-electron chi connectivity index (χ2n) is 7.61. The summed E-state index contributed by atoms with van der Waals surface area (Å²) >= 11 is 0. The number of nitrogens with one attached hydrogen (secondary N) is 2. The molecule has 2 aromatic heterocycles. The van der Waals surface area contributed by atoms with Crippen molar-refractivity contribution in [3.63, 3.8) is 0 Å². The van der Waals surface area contributed by atoms with Crippen LogP contribution >= 0.6 is 0 Å². The van der Waals surface area contributed by atoms with Crippen molar-refractivity contribution >= 4 is 17.9 Å². The Morgan fingerprint density at radius 2 is 2.00 bits per heavy atom. The summed E-state index contributed by atoms with van der Waals surface area (Å²) in [5, 5.41) is 14.0. The molecule has 0 bridgehead atoms. The van der Waals surface area contributed by atoms with Crippen LogP contribution in [0.5, 0.6) is 0 Å². The van der Waals surface area contributed by atoms with Gasteiger partial charge in [-0.3, -0.25) is 19.8 Å². The molecule has 1 atom stereocenters. The number of hydrogen-bond donors (Lipinski definition) is 2. The first-order valence-electron chi connectivity index (χ1n) is 10.0. The van der Waals surface area contributed by atoms with Crippen LogP contribution in [0.3, 0.4) is 0 Å². The standard InChI is InChI=1S/C17H16F2N4O.C7H6N2/c1-17(13-6-11(22-9-24)3-4-14(13)19)7-15-12(16(20-2)23-17)5-10(18)8-21-15;1-6-2-3-7(4-8)5-9-6/h3-6,8-9H,7H2,1-2H3,(H,20,23)(H,22,24);2-3,5H,1H3. The SMILES string of the molecule is CN=C1NC(C)(c2cc(NC=O)ccc2F)Cc2ncc(F)cc21.Cc1ccc(C#N)cn1. The topological polar surface area (TPSA) is 103 Å². The first-order valence-corrected chi connectivity index (χ1v) is 10.0. The highest BCUT2D eigenvalue weighted by Gasteiger charge is 2.37. The summed E-state index contributed by atoms with van der Waals surface area (Å²) in [4.78, 5) is 22.8. The highest BCUT2D eigenvalue weighted by atomic mass is 19.1. The maximum atomic E-state index is 14.4. The molecular weight excluding hydrogens is 426 g/mol. The van der Waals surface area contributed by atoms with E-state index in [2.05, 4.69) is 25.6 Å². The van der Waals surface area contributed by atoms with E-state index in [4.69, 9.17) is 5.26 Å². The van der Waals surface area contributed by atoms with E-state index < -0.39 is 17.2 Å². The lowest BCUT2D eigenvalue weighted by Crippen LogP contribution is -2.50. The van der Waals surface area contributed by atoms with Crippen LogP contribution in [-0.4, -0.2) is 29.3 Å². The Bertz CT molecular complexity index is 1240. The fourth-order valence-electron chi connectivity index (χ4n) is 3.50. The molecule has 1 aliphatic rings. The van der Waals surface area contributed by atoms with Gasteiger partial charge in [0.15, 0.2) is 0 Å². The van der Waals surface area contributed by atoms with Gasteiger partial charge in [0, 0.05) is 42.2 Å². The van der Waals surface area contributed by atoms with E-state index in [9.17, 15) is 13.6 Å². The van der Waals surface area contributed by atoms with Crippen LogP contribution < -0.4 is 10.6 Å². The molecule has 2 N–H and O–H groups in total. The lowest BCUT2D eigenvalue weighted by atomic mass is 9.82. The number of aryl methyl sites for hydroxylation is 1. The Hall–Kier alpha value is -4.19. The van der Waals surface area contributed by atoms with Crippen molar-refractivity contribution < 1.29 is 13.6 Å². The fraction of sp³-hybridized carbons (Fsp3) is 0.208. The summed E-state index contributed by atoms with van der Waals surface area (Å²) in [6.45, 7) is 3.70. The Kier molecular flexibility index (Phi) is 7.08. The number of rotatable bonds is 3. The number of nitriles is 1. The van der Waals surface area contributed by atoms with Gasteiger partial charge in [0.2, 0.25) is 6.41 Å². The number of aliphatic imine (C=N–C) groups is 1. The summed E-state index contributed by atoms with van der Waals surface area (Å²) in [5.41, 5.74) is 2.76. The third-order valence-electron chi connectivity index (χ3n) is 5.16. The molecule has 3 heterocycles. The number of carbonyl (C=O) groups is 1. The van der Waals surface area contributed by atoms with Crippen molar-refractivity contribution in [2.45, 2.75) is 25.8 Å². The third-order valence-corrected chi connectivity index (χ3v) is 5.16. The minimum absolute atomic E-state index is 0.350. The molecule has 0 saturated heterocycles. The minimum atomic E-state index is -0.836. The van der Waals surface area contributed by atoms with Crippen molar-refractivity contribution in [3.05, 3.63) is 88.5 Å². The van der Waals surface area contributed by atoms with Gasteiger partial charge in [-0.25, -0.2) is 8.78 Å². The normalized spacial score (nSPS) is 17.6. The summed E-state index contributed by atoms with van der Waals surface area (Å²) in [7, 11) is 1.57. The van der Waals surface area contributed by atoms with Crippen LogP contribution in [0.4, 0.5) is 14.5 Å². The first-order chi connectivity index (χ1) is 15.8. The maximum absolute atomic E-state index is 14.4. The Morgan fingerprint density at radius 1 is 1.21 bits per heavy atom. The molecule has 0 spiro atoms. The predicted octanol–water partition coefficient (Wildman–Crippen LogP) is 3.63. The van der Waals surface area contributed by atoms with Crippen molar-refractivity contribution in [2.24, 2.45) is 4.99 Å². The predicted molar refractivity (Wildman–Crippen MR) is 121 cm³/mol. The number of aromatic nitrogens is 2. The molecule has 1 aliphatic heterocycles. The van der Waals surface area contributed by atoms with Crippen molar-refractivity contribution in [3.8, 4) is 6.07 Å². The first kappa shape index (κ1) is 23.5. The second-order valence-corrected chi connectivity index (χ2v) is 7.61. The molecule has 0 saturated carbocycles. The van der Waals surface area contributed by atoms with E-state index >= 15 is 0 Å². The number of amidine groups is 1. The van der Waals surface area contributed by atoms with Crippen molar-refractivity contribution in [1.82, 2.24) is 15.3 Å². The number of hydrogen-bond acceptors (Lipinski definition) is 5. The molecule has 7 nitrogen and oxygen atoms in total.